The SMILES string of the molecule is CCOC(=O)c1ccc(NC(=O)CN(C2=N[C@@H]3CS(=O)(=O)C[C@H]3S2)c2cccc(C)c2)cc1. The van der Waals surface area contributed by atoms with E-state index in [2.05, 4.69) is 10.3 Å². The summed E-state index contributed by atoms with van der Waals surface area (Å²) in [6.45, 7) is 4.02. The number of amidine groups is 1. The molecular weight excluding hydrogens is 462 g/mol. The van der Waals surface area contributed by atoms with Crippen molar-refractivity contribution >= 4 is 50.0 Å². The average Bonchev–Trinajstić information content (AvgIpc) is 3.26. The number of nitrogens with one attached hydrogen (secondary N) is 1. The van der Waals surface area contributed by atoms with Gasteiger partial charge in [0.15, 0.2) is 15.0 Å². The van der Waals surface area contributed by atoms with Crippen LogP contribution >= 0.6 is 11.8 Å². The van der Waals surface area contributed by atoms with Gasteiger partial charge in [-0.25, -0.2) is 13.2 Å². The highest BCUT2D eigenvalue weighted by atomic mass is 32.2. The van der Waals surface area contributed by atoms with Gasteiger partial charge >= 0.3 is 5.97 Å². The second kappa shape index (κ2) is 9.56. The summed E-state index contributed by atoms with van der Waals surface area (Å²) in [6, 6.07) is 14.0. The second-order valence-corrected chi connectivity index (χ2v) is 11.3. The predicted molar refractivity (Wildman–Crippen MR) is 131 cm³/mol. The Labute approximate surface area is 197 Å². The summed E-state index contributed by atoms with van der Waals surface area (Å²) < 4.78 is 28.8. The number of carbonyl (C=O) groups excluding carboxylic acids is 2. The van der Waals surface area contributed by atoms with Crippen molar-refractivity contribution in [3.8, 4) is 0 Å². The molecule has 0 radical (unpaired) electrons. The zero-order valence-corrected chi connectivity index (χ0v) is 20.0. The Bertz CT molecular complexity index is 1190. The highest BCUT2D eigenvalue weighted by Gasteiger charge is 2.44. The fraction of sp³-hybridized carbons (Fsp3) is 0.348. The summed E-state index contributed by atoms with van der Waals surface area (Å²) in [5.74, 6) is -0.511. The van der Waals surface area contributed by atoms with E-state index in [9.17, 15) is 18.0 Å². The van der Waals surface area contributed by atoms with Crippen molar-refractivity contribution in [3.63, 3.8) is 0 Å². The van der Waals surface area contributed by atoms with Gasteiger partial charge in [-0.3, -0.25) is 9.79 Å². The highest BCUT2D eigenvalue weighted by Crippen LogP contribution is 2.36. The van der Waals surface area contributed by atoms with Crippen molar-refractivity contribution in [1.82, 2.24) is 0 Å². The van der Waals surface area contributed by atoms with Crippen molar-refractivity contribution in [1.29, 1.82) is 0 Å². The minimum absolute atomic E-state index is 0.0150. The molecule has 33 heavy (non-hydrogen) atoms. The van der Waals surface area contributed by atoms with Crippen LogP contribution in [0, 0.1) is 6.92 Å². The van der Waals surface area contributed by atoms with E-state index in [0.717, 1.165) is 11.3 Å². The van der Waals surface area contributed by atoms with Crippen LogP contribution in [0.5, 0.6) is 0 Å². The highest BCUT2D eigenvalue weighted by molar-refractivity contribution is 8.15. The average molecular weight is 488 g/mol. The predicted octanol–water partition coefficient (Wildman–Crippen LogP) is 2.89. The largest absolute Gasteiger partial charge is 0.462 e. The van der Waals surface area contributed by atoms with E-state index in [1.165, 1.54) is 11.8 Å². The zero-order valence-electron chi connectivity index (χ0n) is 18.4. The molecule has 8 nitrogen and oxygen atoms in total. The molecule has 4 rings (SSSR count). The minimum Gasteiger partial charge on any atom is -0.462 e. The van der Waals surface area contributed by atoms with Crippen LogP contribution in [0.1, 0.15) is 22.8 Å². The van der Waals surface area contributed by atoms with E-state index in [-0.39, 0.29) is 35.2 Å². The fourth-order valence-corrected chi connectivity index (χ4v) is 7.56. The Balaban J connectivity index is 1.50. The maximum Gasteiger partial charge on any atom is 0.338 e. The summed E-state index contributed by atoms with van der Waals surface area (Å²) in [5, 5.41) is 3.39. The smallest absolute Gasteiger partial charge is 0.338 e. The molecule has 0 saturated carbocycles. The first-order valence-corrected chi connectivity index (χ1v) is 13.3. The number of amides is 1. The van der Waals surface area contributed by atoms with Crippen LogP contribution in [-0.4, -0.2) is 61.4 Å². The Kier molecular flexibility index (Phi) is 6.76. The first-order chi connectivity index (χ1) is 15.7. The number of hydrogen-bond acceptors (Lipinski definition) is 8. The third kappa shape index (κ3) is 5.56. The van der Waals surface area contributed by atoms with Gasteiger partial charge in [0, 0.05) is 16.6 Å². The fourth-order valence-electron chi connectivity index (χ4n) is 3.78. The van der Waals surface area contributed by atoms with E-state index in [1.807, 2.05) is 36.1 Å². The van der Waals surface area contributed by atoms with Crippen molar-refractivity contribution in [3.05, 3.63) is 59.7 Å². The molecule has 0 unspecified atom stereocenters. The lowest BCUT2D eigenvalue weighted by Gasteiger charge is -2.24. The molecule has 1 amide bonds. The zero-order chi connectivity index (χ0) is 23.6. The maximum absolute atomic E-state index is 12.9. The van der Waals surface area contributed by atoms with E-state index in [0.29, 0.717) is 23.0 Å². The number of carbonyl (C=O) groups is 2. The number of anilines is 2. The van der Waals surface area contributed by atoms with Crippen molar-refractivity contribution < 1.29 is 22.7 Å². The van der Waals surface area contributed by atoms with Gasteiger partial charge in [-0.2, -0.15) is 0 Å². The molecule has 0 aliphatic carbocycles. The van der Waals surface area contributed by atoms with Crippen molar-refractivity contribution in [2.45, 2.75) is 25.1 Å². The molecule has 0 bridgehead atoms. The van der Waals surface area contributed by atoms with Crippen LogP contribution in [0.2, 0.25) is 0 Å². The molecule has 2 atom stereocenters. The van der Waals surface area contributed by atoms with Gasteiger partial charge in [0.25, 0.3) is 0 Å². The lowest BCUT2D eigenvalue weighted by atomic mass is 10.2. The molecule has 2 aromatic carbocycles. The van der Waals surface area contributed by atoms with Crippen LogP contribution < -0.4 is 10.2 Å². The number of esters is 1. The monoisotopic (exact) mass is 487 g/mol. The lowest BCUT2D eigenvalue weighted by Crippen LogP contribution is -2.36. The quantitative estimate of drug-likeness (QED) is 0.625. The topological polar surface area (TPSA) is 105 Å². The molecule has 0 aromatic heterocycles. The molecule has 2 aliphatic rings. The third-order valence-electron chi connectivity index (χ3n) is 5.33. The Morgan fingerprint density at radius 2 is 1.94 bits per heavy atom. The molecule has 10 heteroatoms. The number of ether oxygens (including phenoxy) is 1. The second-order valence-electron chi connectivity index (χ2n) is 7.98. The van der Waals surface area contributed by atoms with E-state index in [4.69, 9.17) is 4.74 Å². The first-order valence-electron chi connectivity index (χ1n) is 10.6. The lowest BCUT2D eigenvalue weighted by molar-refractivity contribution is -0.114. The molecule has 1 fully saturated rings. The van der Waals surface area contributed by atoms with Gasteiger partial charge in [0.1, 0.15) is 6.54 Å². The number of sulfone groups is 1. The number of hydrogen-bond donors (Lipinski definition) is 1. The maximum atomic E-state index is 12.9. The third-order valence-corrected chi connectivity index (χ3v) is 8.58. The molecule has 2 heterocycles. The van der Waals surface area contributed by atoms with Gasteiger partial charge in [0.05, 0.1) is 29.7 Å². The molecule has 174 valence electrons. The van der Waals surface area contributed by atoms with Gasteiger partial charge in [0.2, 0.25) is 5.91 Å². The van der Waals surface area contributed by atoms with Gasteiger partial charge in [-0.15, -0.1) is 0 Å². The van der Waals surface area contributed by atoms with Crippen molar-refractivity contribution in [2.24, 2.45) is 4.99 Å². The number of thioether (sulfide) groups is 1. The molecule has 1 N–H and O–H groups in total. The first kappa shape index (κ1) is 23.3. The van der Waals surface area contributed by atoms with Crippen LogP contribution in [-0.2, 0) is 19.4 Å². The van der Waals surface area contributed by atoms with Crippen molar-refractivity contribution in [2.75, 3.05) is 34.9 Å². The van der Waals surface area contributed by atoms with Gasteiger partial charge in [-0.05, 0) is 55.8 Å². The molecular formula is C23H25N3O5S2. The van der Waals surface area contributed by atoms with Gasteiger partial charge in [-0.1, -0.05) is 23.9 Å². The van der Waals surface area contributed by atoms with E-state index in [1.54, 1.807) is 31.2 Å². The van der Waals surface area contributed by atoms with E-state index < -0.39 is 15.8 Å². The normalized spacial score (nSPS) is 20.6. The van der Waals surface area contributed by atoms with E-state index >= 15 is 0 Å². The van der Waals surface area contributed by atoms with Crippen LogP contribution in [0.4, 0.5) is 11.4 Å². The Morgan fingerprint density at radius 3 is 2.61 bits per heavy atom. The summed E-state index contributed by atoms with van der Waals surface area (Å²) in [5.41, 5.74) is 2.83. The Morgan fingerprint density at radius 1 is 1.18 bits per heavy atom. The molecule has 2 aromatic rings. The number of nitrogens with zero attached hydrogens (tertiary/aromatic N) is 2. The number of aryl methyl sites for hydroxylation is 1. The minimum atomic E-state index is -3.06. The standard InChI is InChI=1S/C23H25N3O5S2/c1-3-31-22(28)16-7-9-17(10-8-16)24-21(27)12-26(18-6-4-5-15(2)11-18)23-25-19-13-33(29,30)14-20(19)32-23/h4-11,19-20H,3,12-14H2,1-2H3,(H,24,27)/t19-,20-/m1/s1. The number of benzene rings is 2. The van der Waals surface area contributed by atoms with Crippen LogP contribution in [0.25, 0.3) is 0 Å². The number of rotatable bonds is 6. The van der Waals surface area contributed by atoms with Gasteiger partial charge < -0.3 is 15.0 Å². The van der Waals surface area contributed by atoms with Crippen LogP contribution in [0.3, 0.4) is 0 Å². The van der Waals surface area contributed by atoms with Crippen LogP contribution in [0.15, 0.2) is 53.5 Å². The summed E-state index contributed by atoms with van der Waals surface area (Å²) in [6.07, 6.45) is 0. The summed E-state index contributed by atoms with van der Waals surface area (Å²) >= 11 is 1.42. The molecule has 1 saturated heterocycles. The molecule has 0 spiro atoms. The number of aliphatic imine (C=N–C) groups is 1. The Hall–Kier alpha value is -2.85. The summed E-state index contributed by atoms with van der Waals surface area (Å²) in [4.78, 5) is 31.2. The summed E-state index contributed by atoms with van der Waals surface area (Å²) in [7, 11) is -3.06. The molecule has 2 aliphatic heterocycles. The number of fused-ring (bicyclic) bond motifs is 1.